The van der Waals surface area contributed by atoms with Crippen LogP contribution in [0.5, 0.6) is 0 Å². The lowest BCUT2D eigenvalue weighted by atomic mass is 9.56. The number of nitrogens with zero attached hydrogens (tertiary/aromatic N) is 1. The van der Waals surface area contributed by atoms with Gasteiger partial charge in [0, 0.05) is 5.92 Å². The zero-order chi connectivity index (χ0) is 15.5. The molecule has 112 valence electrons. The first-order chi connectivity index (χ1) is 8.94. The van der Waals surface area contributed by atoms with E-state index in [2.05, 4.69) is 25.9 Å². The lowest BCUT2D eigenvalue weighted by Crippen LogP contribution is -2.31. The first kappa shape index (κ1) is 21.0. The van der Waals surface area contributed by atoms with Gasteiger partial charge in [-0.3, -0.25) is 0 Å². The van der Waals surface area contributed by atoms with Crippen molar-refractivity contribution in [3.8, 4) is 0 Å². The standard InChI is InChI=1S/C12H22BNO.2C2H6/c1-12(13)6-4-11(9-15)10(8-12)5-7-14(2)3;2*1-2/h9-11H,4-8H2,1-3H3;2*1-2H3. The van der Waals surface area contributed by atoms with Gasteiger partial charge in [-0.1, -0.05) is 52.8 Å². The van der Waals surface area contributed by atoms with Crippen LogP contribution in [0.3, 0.4) is 0 Å². The molecule has 3 unspecified atom stereocenters. The van der Waals surface area contributed by atoms with Gasteiger partial charge in [-0.25, -0.2) is 0 Å². The van der Waals surface area contributed by atoms with Gasteiger partial charge in [-0.15, -0.1) is 0 Å². The van der Waals surface area contributed by atoms with Gasteiger partial charge in [-0.05, 0) is 39.4 Å². The number of carbonyl (C=O) groups is 1. The molecule has 0 spiro atoms. The van der Waals surface area contributed by atoms with Crippen LogP contribution >= 0.6 is 0 Å². The third-order valence-corrected chi connectivity index (χ3v) is 3.50. The van der Waals surface area contributed by atoms with E-state index in [1.54, 1.807) is 0 Å². The molecular formula is C16H34BNO. The molecule has 0 aliphatic heterocycles. The zero-order valence-corrected chi connectivity index (χ0v) is 14.2. The summed E-state index contributed by atoms with van der Waals surface area (Å²) in [4.78, 5) is 13.1. The summed E-state index contributed by atoms with van der Waals surface area (Å²) in [6.07, 6.45) is 5.16. The highest BCUT2D eigenvalue weighted by Gasteiger charge is 2.33. The Balaban J connectivity index is 0. The van der Waals surface area contributed by atoms with Gasteiger partial charge < -0.3 is 9.69 Å². The first-order valence-electron chi connectivity index (χ1n) is 7.83. The Hall–Kier alpha value is -0.305. The van der Waals surface area contributed by atoms with E-state index in [0.29, 0.717) is 5.92 Å². The second-order valence-corrected chi connectivity index (χ2v) is 5.55. The van der Waals surface area contributed by atoms with E-state index < -0.39 is 0 Å². The zero-order valence-electron chi connectivity index (χ0n) is 14.2. The number of aldehydes is 1. The van der Waals surface area contributed by atoms with Crippen molar-refractivity contribution in [2.24, 2.45) is 11.8 Å². The van der Waals surface area contributed by atoms with Crippen LogP contribution in [0, 0.1) is 11.8 Å². The Bertz CT molecular complexity index is 217. The number of carbonyl (C=O) groups excluding carboxylic acids is 1. The minimum atomic E-state index is -0.0590. The van der Waals surface area contributed by atoms with Gasteiger partial charge in [0.05, 0.1) is 7.85 Å². The van der Waals surface area contributed by atoms with Crippen LogP contribution in [-0.4, -0.2) is 39.7 Å². The van der Waals surface area contributed by atoms with Gasteiger partial charge in [0.15, 0.2) is 0 Å². The van der Waals surface area contributed by atoms with Crippen molar-refractivity contribution in [2.45, 2.75) is 65.6 Å². The lowest BCUT2D eigenvalue weighted by molar-refractivity contribution is -0.113. The van der Waals surface area contributed by atoms with Crippen molar-refractivity contribution in [3.63, 3.8) is 0 Å². The molecule has 1 saturated carbocycles. The molecule has 0 amide bonds. The second-order valence-electron chi connectivity index (χ2n) is 5.55. The van der Waals surface area contributed by atoms with Crippen LogP contribution in [-0.2, 0) is 4.79 Å². The Morgan fingerprint density at radius 3 is 2.21 bits per heavy atom. The Labute approximate surface area is 122 Å². The predicted octanol–water partition coefficient (Wildman–Crippen LogP) is 3.95. The molecule has 0 saturated heterocycles. The summed E-state index contributed by atoms with van der Waals surface area (Å²) >= 11 is 0. The van der Waals surface area contributed by atoms with Crippen molar-refractivity contribution in [2.75, 3.05) is 20.6 Å². The summed E-state index contributed by atoms with van der Waals surface area (Å²) < 4.78 is 0. The molecule has 3 atom stereocenters. The number of hydrogen-bond donors (Lipinski definition) is 0. The molecule has 0 bridgehead atoms. The molecule has 1 fully saturated rings. The SMILES string of the molecule is CC.CC.[B]C1(C)CCC(C=O)C(CCN(C)C)C1. The molecule has 3 heteroatoms. The Morgan fingerprint density at radius 2 is 1.79 bits per heavy atom. The smallest absolute Gasteiger partial charge is 0.123 e. The molecule has 1 aliphatic carbocycles. The quantitative estimate of drug-likeness (QED) is 0.567. The molecule has 1 rings (SSSR count). The summed E-state index contributed by atoms with van der Waals surface area (Å²) in [5.41, 5.74) is 0. The highest BCUT2D eigenvalue weighted by Crippen LogP contribution is 2.45. The minimum absolute atomic E-state index is 0.0590. The normalized spacial score (nSPS) is 29.7. The predicted molar refractivity (Wildman–Crippen MR) is 86.9 cm³/mol. The third kappa shape index (κ3) is 9.26. The van der Waals surface area contributed by atoms with E-state index in [0.717, 1.165) is 38.5 Å². The Morgan fingerprint density at radius 1 is 1.26 bits per heavy atom. The molecule has 0 aromatic heterocycles. The highest BCUT2D eigenvalue weighted by molar-refractivity contribution is 6.14. The fraction of sp³-hybridized carbons (Fsp3) is 0.938. The molecule has 1 aliphatic rings. The number of hydrogen-bond acceptors (Lipinski definition) is 2. The first-order valence-corrected chi connectivity index (χ1v) is 7.83. The van der Waals surface area contributed by atoms with Crippen LogP contribution in [0.25, 0.3) is 0 Å². The molecule has 0 aromatic rings. The van der Waals surface area contributed by atoms with E-state index in [1.165, 1.54) is 0 Å². The van der Waals surface area contributed by atoms with Gasteiger partial charge >= 0.3 is 0 Å². The van der Waals surface area contributed by atoms with Crippen LogP contribution in [0.4, 0.5) is 0 Å². The van der Waals surface area contributed by atoms with Crippen LogP contribution < -0.4 is 0 Å². The molecule has 2 radical (unpaired) electrons. The molecular weight excluding hydrogens is 233 g/mol. The van der Waals surface area contributed by atoms with Gasteiger partial charge in [0.1, 0.15) is 6.29 Å². The monoisotopic (exact) mass is 267 g/mol. The fourth-order valence-corrected chi connectivity index (χ4v) is 2.50. The topological polar surface area (TPSA) is 20.3 Å². The molecule has 2 nitrogen and oxygen atoms in total. The lowest BCUT2D eigenvalue weighted by Gasteiger charge is -2.39. The average Bonchev–Trinajstić information content (AvgIpc) is 2.40. The Kier molecular flexibility index (Phi) is 12.7. The van der Waals surface area contributed by atoms with Gasteiger partial charge in [0.2, 0.25) is 0 Å². The maximum atomic E-state index is 11.0. The third-order valence-electron chi connectivity index (χ3n) is 3.50. The highest BCUT2D eigenvalue weighted by atomic mass is 16.1. The molecule has 19 heavy (non-hydrogen) atoms. The summed E-state index contributed by atoms with van der Waals surface area (Å²) in [7, 11) is 10.3. The van der Waals surface area contributed by atoms with Gasteiger partial charge in [0.25, 0.3) is 0 Å². The largest absolute Gasteiger partial charge is 0.309 e. The summed E-state index contributed by atoms with van der Waals surface area (Å²) in [6, 6.07) is 0. The van der Waals surface area contributed by atoms with Crippen LogP contribution in [0.2, 0.25) is 5.31 Å². The van der Waals surface area contributed by atoms with E-state index >= 15 is 0 Å². The van der Waals surface area contributed by atoms with Crippen molar-refractivity contribution in [1.29, 1.82) is 0 Å². The van der Waals surface area contributed by atoms with E-state index in [1.807, 2.05) is 27.7 Å². The van der Waals surface area contributed by atoms with E-state index in [9.17, 15) is 4.79 Å². The number of rotatable bonds is 4. The maximum Gasteiger partial charge on any atom is 0.123 e. The van der Waals surface area contributed by atoms with Gasteiger partial charge in [-0.2, -0.15) is 0 Å². The fourth-order valence-electron chi connectivity index (χ4n) is 2.50. The second kappa shape index (κ2) is 11.5. The molecule has 0 aromatic carbocycles. The summed E-state index contributed by atoms with van der Waals surface area (Å²) in [5, 5.41) is -0.0590. The maximum absolute atomic E-state index is 11.0. The molecule has 0 N–H and O–H groups in total. The summed E-state index contributed by atoms with van der Waals surface area (Å²) in [5.74, 6) is 0.718. The van der Waals surface area contributed by atoms with Crippen molar-refractivity contribution >= 4 is 14.1 Å². The van der Waals surface area contributed by atoms with E-state index in [4.69, 9.17) is 7.85 Å². The van der Waals surface area contributed by atoms with Crippen molar-refractivity contribution < 1.29 is 4.79 Å². The van der Waals surface area contributed by atoms with Crippen molar-refractivity contribution in [3.05, 3.63) is 0 Å². The van der Waals surface area contributed by atoms with E-state index in [-0.39, 0.29) is 11.2 Å². The summed E-state index contributed by atoms with van der Waals surface area (Å²) in [6.45, 7) is 11.2. The molecule has 0 heterocycles. The van der Waals surface area contributed by atoms with Crippen LogP contribution in [0.15, 0.2) is 0 Å². The van der Waals surface area contributed by atoms with Crippen LogP contribution in [0.1, 0.15) is 60.3 Å². The average molecular weight is 267 g/mol. The minimum Gasteiger partial charge on any atom is -0.309 e. The van der Waals surface area contributed by atoms with Crippen molar-refractivity contribution in [1.82, 2.24) is 4.90 Å².